The first-order valence-electron chi connectivity index (χ1n) is 5.81. The Morgan fingerprint density at radius 2 is 2.22 bits per heavy atom. The average Bonchev–Trinajstić information content (AvgIpc) is 2.31. The van der Waals surface area contributed by atoms with Crippen LogP contribution in [-0.4, -0.2) is 23.0 Å². The van der Waals surface area contributed by atoms with Gasteiger partial charge in [0.05, 0.1) is 31.3 Å². The van der Waals surface area contributed by atoms with E-state index in [1.165, 1.54) is 4.68 Å². The minimum Gasteiger partial charge on any atom is -0.380 e. The zero-order valence-electron chi connectivity index (χ0n) is 10.0. The molecule has 3 rings (SSSR count). The number of fused-ring (bicyclic) bond motifs is 1. The third-order valence-electron chi connectivity index (χ3n) is 3.28. The zero-order chi connectivity index (χ0) is 12.8. The number of halogens is 1. The van der Waals surface area contributed by atoms with Crippen molar-refractivity contribution in [2.24, 2.45) is 5.41 Å². The highest BCUT2D eigenvalue weighted by molar-refractivity contribution is 9.10. The average molecular weight is 309 g/mol. The number of nitrogens with zero attached hydrogens (tertiary/aromatic N) is 2. The van der Waals surface area contributed by atoms with Crippen LogP contribution in [0.1, 0.15) is 6.92 Å². The molecule has 1 fully saturated rings. The lowest BCUT2D eigenvalue weighted by molar-refractivity contribution is -0.112. The maximum atomic E-state index is 12.3. The molecule has 0 aliphatic carbocycles. The third kappa shape index (κ3) is 1.87. The van der Waals surface area contributed by atoms with Crippen molar-refractivity contribution >= 4 is 26.7 Å². The minimum absolute atomic E-state index is 0.0382. The van der Waals surface area contributed by atoms with Crippen LogP contribution in [0.3, 0.4) is 0 Å². The van der Waals surface area contributed by atoms with Gasteiger partial charge in [0.2, 0.25) is 0 Å². The second-order valence-corrected chi connectivity index (χ2v) is 5.97. The van der Waals surface area contributed by atoms with Crippen LogP contribution in [0.2, 0.25) is 0 Å². The van der Waals surface area contributed by atoms with Crippen molar-refractivity contribution in [1.29, 1.82) is 0 Å². The Morgan fingerprint density at radius 1 is 1.44 bits per heavy atom. The fourth-order valence-electron chi connectivity index (χ4n) is 2.19. The number of benzene rings is 1. The van der Waals surface area contributed by atoms with Crippen molar-refractivity contribution in [2.45, 2.75) is 13.5 Å². The molecule has 0 spiro atoms. The fraction of sp³-hybridized carbons (Fsp3) is 0.385. The van der Waals surface area contributed by atoms with Gasteiger partial charge in [-0.3, -0.25) is 4.79 Å². The molecule has 0 bridgehead atoms. The summed E-state index contributed by atoms with van der Waals surface area (Å²) >= 11 is 3.43. The molecule has 5 heteroatoms. The molecule has 0 saturated carbocycles. The SMILES string of the molecule is CC1(Cn2ncc3c(Br)cccc3c2=O)COC1. The molecule has 1 aliphatic rings. The highest BCUT2D eigenvalue weighted by atomic mass is 79.9. The molecule has 1 aliphatic heterocycles. The standard InChI is InChI=1S/C13H13BrN2O2/c1-13(7-18-8-13)6-16-12(17)9-3-2-4-11(14)10(9)5-15-16/h2-5H,6-8H2,1H3. The Kier molecular flexibility index (Phi) is 2.75. The molecule has 0 atom stereocenters. The van der Waals surface area contributed by atoms with Crippen LogP contribution in [0.4, 0.5) is 0 Å². The van der Waals surface area contributed by atoms with Gasteiger partial charge < -0.3 is 4.74 Å². The van der Waals surface area contributed by atoms with E-state index in [1.54, 1.807) is 6.20 Å². The first-order valence-corrected chi connectivity index (χ1v) is 6.60. The molecule has 94 valence electrons. The van der Waals surface area contributed by atoms with Crippen LogP contribution < -0.4 is 5.56 Å². The van der Waals surface area contributed by atoms with Gasteiger partial charge in [-0.25, -0.2) is 4.68 Å². The molecule has 1 aromatic carbocycles. The molecule has 2 heterocycles. The minimum atomic E-state index is -0.0399. The summed E-state index contributed by atoms with van der Waals surface area (Å²) in [5.74, 6) is 0. The number of ether oxygens (including phenoxy) is 1. The molecule has 0 radical (unpaired) electrons. The Hall–Kier alpha value is -1.20. The molecule has 2 aromatic rings. The summed E-state index contributed by atoms with van der Waals surface area (Å²) in [5, 5.41) is 5.81. The van der Waals surface area contributed by atoms with Crippen LogP contribution in [0.15, 0.2) is 33.7 Å². The normalized spacial score (nSPS) is 17.7. The lowest BCUT2D eigenvalue weighted by atomic mass is 9.89. The molecule has 1 saturated heterocycles. The molecule has 4 nitrogen and oxygen atoms in total. The van der Waals surface area contributed by atoms with E-state index in [0.29, 0.717) is 25.1 Å². The van der Waals surface area contributed by atoms with Gasteiger partial charge >= 0.3 is 0 Å². The van der Waals surface area contributed by atoms with Crippen molar-refractivity contribution in [2.75, 3.05) is 13.2 Å². The first kappa shape index (κ1) is 11.9. The van der Waals surface area contributed by atoms with Gasteiger partial charge in [-0.15, -0.1) is 0 Å². The third-order valence-corrected chi connectivity index (χ3v) is 3.97. The van der Waals surface area contributed by atoms with E-state index in [0.717, 1.165) is 9.86 Å². The van der Waals surface area contributed by atoms with E-state index in [4.69, 9.17) is 4.74 Å². The van der Waals surface area contributed by atoms with Gasteiger partial charge in [0.15, 0.2) is 0 Å². The van der Waals surface area contributed by atoms with Crippen molar-refractivity contribution in [3.8, 4) is 0 Å². The van der Waals surface area contributed by atoms with Crippen LogP contribution >= 0.6 is 15.9 Å². The number of rotatable bonds is 2. The van der Waals surface area contributed by atoms with Crippen molar-refractivity contribution in [3.05, 3.63) is 39.2 Å². The second kappa shape index (κ2) is 4.17. The molecular formula is C13H13BrN2O2. The molecule has 0 unspecified atom stereocenters. The van der Waals surface area contributed by atoms with Crippen molar-refractivity contribution in [1.82, 2.24) is 9.78 Å². The van der Waals surface area contributed by atoms with Crippen LogP contribution in [-0.2, 0) is 11.3 Å². The predicted molar refractivity (Wildman–Crippen MR) is 72.6 cm³/mol. The highest BCUT2D eigenvalue weighted by Crippen LogP contribution is 2.28. The Bertz CT molecular complexity index is 662. The molecule has 0 N–H and O–H groups in total. The van der Waals surface area contributed by atoms with E-state index in [1.807, 2.05) is 18.2 Å². The van der Waals surface area contributed by atoms with Crippen LogP contribution in [0, 0.1) is 5.41 Å². The molecule has 1 aromatic heterocycles. The zero-order valence-corrected chi connectivity index (χ0v) is 11.6. The van der Waals surface area contributed by atoms with E-state index in [9.17, 15) is 4.79 Å². The van der Waals surface area contributed by atoms with Crippen LogP contribution in [0.5, 0.6) is 0 Å². The monoisotopic (exact) mass is 308 g/mol. The second-order valence-electron chi connectivity index (χ2n) is 5.11. The van der Waals surface area contributed by atoms with E-state index < -0.39 is 0 Å². The maximum absolute atomic E-state index is 12.3. The Morgan fingerprint density at radius 3 is 2.89 bits per heavy atom. The number of aromatic nitrogens is 2. The molecule has 18 heavy (non-hydrogen) atoms. The lowest BCUT2D eigenvalue weighted by Crippen LogP contribution is -2.45. The summed E-state index contributed by atoms with van der Waals surface area (Å²) in [6, 6.07) is 5.61. The lowest BCUT2D eigenvalue weighted by Gasteiger charge is -2.37. The predicted octanol–water partition coefficient (Wildman–Crippen LogP) is 2.20. The van der Waals surface area contributed by atoms with E-state index in [-0.39, 0.29) is 11.0 Å². The maximum Gasteiger partial charge on any atom is 0.274 e. The van der Waals surface area contributed by atoms with Crippen molar-refractivity contribution in [3.63, 3.8) is 0 Å². The van der Waals surface area contributed by atoms with Gasteiger partial charge in [0, 0.05) is 15.3 Å². The first-order chi connectivity index (χ1) is 8.59. The van der Waals surface area contributed by atoms with Crippen molar-refractivity contribution < 1.29 is 4.74 Å². The number of hydrogen-bond acceptors (Lipinski definition) is 3. The van der Waals surface area contributed by atoms with E-state index >= 15 is 0 Å². The Balaban J connectivity index is 2.09. The van der Waals surface area contributed by atoms with Gasteiger partial charge in [0.25, 0.3) is 5.56 Å². The fourth-order valence-corrected chi connectivity index (χ4v) is 2.66. The Labute approximate surface area is 113 Å². The van der Waals surface area contributed by atoms with Gasteiger partial charge in [-0.1, -0.05) is 28.9 Å². The summed E-state index contributed by atoms with van der Waals surface area (Å²) in [5.41, 5.74) is -0.00167. The quantitative estimate of drug-likeness (QED) is 0.854. The largest absolute Gasteiger partial charge is 0.380 e. The van der Waals surface area contributed by atoms with Gasteiger partial charge in [-0.2, -0.15) is 5.10 Å². The van der Waals surface area contributed by atoms with E-state index in [2.05, 4.69) is 28.0 Å². The van der Waals surface area contributed by atoms with Crippen LogP contribution in [0.25, 0.3) is 10.8 Å². The topological polar surface area (TPSA) is 44.1 Å². The summed E-state index contributed by atoms with van der Waals surface area (Å²) in [6.45, 7) is 4.10. The van der Waals surface area contributed by atoms with Gasteiger partial charge in [0.1, 0.15) is 0 Å². The summed E-state index contributed by atoms with van der Waals surface area (Å²) in [6.07, 6.45) is 1.74. The molecule has 0 amide bonds. The molecular weight excluding hydrogens is 296 g/mol. The highest BCUT2D eigenvalue weighted by Gasteiger charge is 2.34. The number of hydrogen-bond donors (Lipinski definition) is 0. The summed E-state index contributed by atoms with van der Waals surface area (Å²) in [7, 11) is 0. The smallest absolute Gasteiger partial charge is 0.274 e. The van der Waals surface area contributed by atoms with Gasteiger partial charge in [-0.05, 0) is 12.1 Å². The summed E-state index contributed by atoms with van der Waals surface area (Å²) < 4.78 is 7.64. The summed E-state index contributed by atoms with van der Waals surface area (Å²) in [4.78, 5) is 12.3.